The van der Waals surface area contributed by atoms with Crippen LogP contribution in [-0.4, -0.2) is 16.8 Å². The Kier molecular flexibility index (Phi) is 5.23. The van der Waals surface area contributed by atoms with Crippen molar-refractivity contribution in [3.05, 3.63) is 85.6 Å². The van der Waals surface area contributed by atoms with Gasteiger partial charge in [0.05, 0.1) is 12.8 Å². The minimum atomic E-state index is -0.686. The van der Waals surface area contributed by atoms with Crippen LogP contribution in [0.25, 0.3) is 16.7 Å². The third-order valence-corrected chi connectivity index (χ3v) is 8.53. The Hall–Kier alpha value is -3.16. The summed E-state index contributed by atoms with van der Waals surface area (Å²) in [6.07, 6.45) is 4.99. The molecule has 1 N–H and O–H groups in total. The number of rotatable bonds is 3. The number of nitrogens with zero attached hydrogens (tertiary/aromatic N) is 1. The average Bonchev–Trinajstić information content (AvgIpc) is 3.12. The minimum absolute atomic E-state index is 0.000518. The van der Waals surface area contributed by atoms with Crippen molar-refractivity contribution in [3.8, 4) is 17.2 Å². The summed E-state index contributed by atoms with van der Waals surface area (Å²) in [6, 6.07) is 14.4. The van der Waals surface area contributed by atoms with Gasteiger partial charge in [0.2, 0.25) is 0 Å². The third kappa shape index (κ3) is 3.32. The van der Waals surface area contributed by atoms with E-state index in [1.165, 1.54) is 0 Å². The highest BCUT2D eigenvalue weighted by molar-refractivity contribution is 7.99. The van der Waals surface area contributed by atoms with Gasteiger partial charge in [-0.1, -0.05) is 42.6 Å². The Morgan fingerprint density at radius 1 is 1.06 bits per heavy atom. The number of methoxy groups -OCH3 is 1. The highest BCUT2D eigenvalue weighted by Gasteiger charge is 2.46. The van der Waals surface area contributed by atoms with Gasteiger partial charge < -0.3 is 14.3 Å². The molecule has 0 amide bonds. The number of hydrogen-bond acceptors (Lipinski definition) is 6. The summed E-state index contributed by atoms with van der Waals surface area (Å²) in [4.78, 5) is 27.5. The van der Waals surface area contributed by atoms with Crippen molar-refractivity contribution in [2.45, 2.75) is 47.3 Å². The Balaban J connectivity index is 1.61. The van der Waals surface area contributed by atoms with E-state index in [1.54, 1.807) is 42.0 Å². The molecule has 0 bridgehead atoms. The van der Waals surface area contributed by atoms with E-state index in [-0.39, 0.29) is 27.0 Å². The highest BCUT2D eigenvalue weighted by Crippen LogP contribution is 2.52. The molecule has 0 radical (unpaired) electrons. The maximum atomic E-state index is 13.9. The number of aromatic nitrogens is 1. The van der Waals surface area contributed by atoms with E-state index in [2.05, 4.69) is 0 Å². The highest BCUT2D eigenvalue weighted by atomic mass is 35.5. The molecule has 1 saturated carbocycles. The second-order valence-electron chi connectivity index (χ2n) is 9.06. The lowest BCUT2D eigenvalue weighted by Crippen LogP contribution is -2.31. The van der Waals surface area contributed by atoms with Gasteiger partial charge in [0, 0.05) is 27.1 Å². The van der Waals surface area contributed by atoms with Gasteiger partial charge in [-0.15, -0.1) is 0 Å². The second kappa shape index (κ2) is 8.21. The van der Waals surface area contributed by atoms with Gasteiger partial charge in [-0.3, -0.25) is 9.36 Å². The maximum Gasteiger partial charge on any atom is 0.354 e. The van der Waals surface area contributed by atoms with Gasteiger partial charge in [-0.25, -0.2) is 4.79 Å². The van der Waals surface area contributed by atoms with Crippen molar-refractivity contribution >= 4 is 34.3 Å². The molecule has 0 unspecified atom stereocenters. The minimum Gasteiger partial charge on any atom is -0.505 e. The summed E-state index contributed by atoms with van der Waals surface area (Å²) in [5.74, 6) is 0.367. The monoisotopic (exact) mass is 507 g/mol. The molecule has 1 spiro atoms. The van der Waals surface area contributed by atoms with Crippen LogP contribution in [0.2, 0.25) is 5.02 Å². The summed E-state index contributed by atoms with van der Waals surface area (Å²) in [5.41, 5.74) is 1.29. The largest absolute Gasteiger partial charge is 0.505 e. The van der Waals surface area contributed by atoms with Crippen LogP contribution >= 0.6 is 23.4 Å². The first-order valence-corrected chi connectivity index (χ1v) is 12.7. The Labute approximate surface area is 210 Å². The SMILES string of the molecule is COc1ccc2c(c1)C1(CCCCC1)c1cc3oc(=O)c(Sc4ccc(Cl)cc4)c(O)c3c(=O)n1-2. The lowest BCUT2D eigenvalue weighted by molar-refractivity contribution is 0.344. The molecular weight excluding hydrogens is 486 g/mol. The third-order valence-electron chi connectivity index (χ3n) is 7.20. The van der Waals surface area contributed by atoms with E-state index < -0.39 is 11.2 Å². The number of aromatic hydroxyl groups is 1. The zero-order chi connectivity index (χ0) is 24.3. The molecule has 4 aromatic rings. The van der Waals surface area contributed by atoms with Crippen molar-refractivity contribution in [1.29, 1.82) is 0 Å². The van der Waals surface area contributed by atoms with Gasteiger partial charge in [-0.2, -0.15) is 0 Å². The van der Waals surface area contributed by atoms with Crippen molar-refractivity contribution in [2.75, 3.05) is 7.11 Å². The van der Waals surface area contributed by atoms with Crippen LogP contribution in [0.15, 0.2) is 72.3 Å². The summed E-state index contributed by atoms with van der Waals surface area (Å²) in [6.45, 7) is 0. The quantitative estimate of drug-likeness (QED) is 0.365. The number of hydrogen-bond donors (Lipinski definition) is 1. The molecule has 8 heteroatoms. The smallest absolute Gasteiger partial charge is 0.354 e. The zero-order valence-corrected chi connectivity index (χ0v) is 20.5. The van der Waals surface area contributed by atoms with Crippen molar-refractivity contribution in [2.24, 2.45) is 0 Å². The standard InChI is InChI=1S/C27H22ClNO5S/c1-33-16-7-10-19-18(13-16)27(11-3-2-4-12-27)21-14-20-22(25(31)29(19)21)23(30)24(26(32)34-20)35-17-8-5-15(28)6-9-17/h5-10,13-14,30H,2-4,11-12H2,1H3. The summed E-state index contributed by atoms with van der Waals surface area (Å²) in [5, 5.41) is 11.7. The molecule has 35 heavy (non-hydrogen) atoms. The van der Waals surface area contributed by atoms with Gasteiger partial charge in [0.15, 0.2) is 5.75 Å². The van der Waals surface area contributed by atoms with E-state index in [1.807, 2.05) is 18.2 Å². The molecule has 1 aliphatic carbocycles. The fourth-order valence-electron chi connectivity index (χ4n) is 5.58. The predicted octanol–water partition coefficient (Wildman–Crippen LogP) is 6.03. The first-order chi connectivity index (χ1) is 16.9. The molecule has 3 heterocycles. The Bertz CT molecular complexity index is 1600. The molecule has 0 saturated heterocycles. The first-order valence-electron chi connectivity index (χ1n) is 11.5. The fourth-order valence-corrected chi connectivity index (χ4v) is 6.54. The maximum absolute atomic E-state index is 13.9. The van der Waals surface area contributed by atoms with Crippen LogP contribution in [0, 0.1) is 0 Å². The molecule has 178 valence electrons. The number of ether oxygens (including phenoxy) is 1. The normalized spacial score (nSPS) is 15.8. The lowest BCUT2D eigenvalue weighted by Gasteiger charge is -2.34. The van der Waals surface area contributed by atoms with Crippen molar-refractivity contribution < 1.29 is 14.3 Å². The van der Waals surface area contributed by atoms with E-state index in [0.29, 0.717) is 9.92 Å². The predicted molar refractivity (Wildman–Crippen MR) is 136 cm³/mol. The van der Waals surface area contributed by atoms with Crippen LogP contribution in [0.5, 0.6) is 11.5 Å². The number of pyridine rings is 1. The van der Waals surface area contributed by atoms with Crippen LogP contribution < -0.4 is 15.9 Å². The van der Waals surface area contributed by atoms with E-state index in [9.17, 15) is 14.7 Å². The van der Waals surface area contributed by atoms with Crippen LogP contribution in [-0.2, 0) is 5.41 Å². The zero-order valence-electron chi connectivity index (χ0n) is 19.0. The first kappa shape index (κ1) is 22.3. The number of halogens is 1. The van der Waals surface area contributed by atoms with Gasteiger partial charge in [0.25, 0.3) is 5.56 Å². The van der Waals surface area contributed by atoms with E-state index >= 15 is 0 Å². The average molecular weight is 508 g/mol. The molecule has 2 aromatic carbocycles. The molecule has 6 nitrogen and oxygen atoms in total. The van der Waals surface area contributed by atoms with Crippen molar-refractivity contribution in [3.63, 3.8) is 0 Å². The number of fused-ring (bicyclic) bond motifs is 6. The van der Waals surface area contributed by atoms with Crippen LogP contribution in [0.3, 0.4) is 0 Å². The van der Waals surface area contributed by atoms with E-state index in [4.69, 9.17) is 20.8 Å². The van der Waals surface area contributed by atoms with Crippen molar-refractivity contribution in [1.82, 2.24) is 4.57 Å². The molecule has 2 aliphatic rings. The van der Waals surface area contributed by atoms with E-state index in [0.717, 1.165) is 66.6 Å². The van der Waals surface area contributed by atoms with Gasteiger partial charge >= 0.3 is 5.63 Å². The van der Waals surface area contributed by atoms with Gasteiger partial charge in [0.1, 0.15) is 21.6 Å². The molecular formula is C27H22ClNO5S. The summed E-state index contributed by atoms with van der Waals surface area (Å²) in [7, 11) is 1.63. The van der Waals surface area contributed by atoms with Crippen LogP contribution in [0.1, 0.15) is 43.4 Å². The fraction of sp³-hybridized carbons (Fsp3) is 0.259. The lowest BCUT2D eigenvalue weighted by atomic mass is 9.68. The second-order valence-corrected chi connectivity index (χ2v) is 10.6. The number of benzene rings is 2. The Morgan fingerprint density at radius 3 is 2.51 bits per heavy atom. The molecule has 0 atom stereocenters. The molecule has 2 aromatic heterocycles. The molecule has 1 fully saturated rings. The topological polar surface area (TPSA) is 81.7 Å². The molecule has 6 rings (SSSR count). The van der Waals surface area contributed by atoms with Gasteiger partial charge in [-0.05, 0) is 60.9 Å². The Morgan fingerprint density at radius 2 is 1.80 bits per heavy atom. The summed E-state index contributed by atoms with van der Waals surface area (Å²) >= 11 is 7.00. The summed E-state index contributed by atoms with van der Waals surface area (Å²) < 4.78 is 12.8. The van der Waals surface area contributed by atoms with Crippen LogP contribution in [0.4, 0.5) is 0 Å². The molecule has 1 aliphatic heterocycles.